The zero-order chi connectivity index (χ0) is 12.8. The van der Waals surface area contributed by atoms with Crippen LogP contribution in [0, 0.1) is 0 Å². The first-order valence-corrected chi connectivity index (χ1v) is 6.30. The first-order valence-electron chi connectivity index (χ1n) is 4.41. The van der Waals surface area contributed by atoms with Crippen LogP contribution in [-0.2, 0) is 10.0 Å². The minimum atomic E-state index is -3.37. The molecule has 0 unspecified atom stereocenters. The number of hydrogen-bond acceptors (Lipinski definition) is 4. The largest absolute Gasteiger partial charge is 0.296 e. The highest BCUT2D eigenvalue weighted by atomic mass is 32.2. The molecule has 0 aliphatic heterocycles. The van der Waals surface area contributed by atoms with Gasteiger partial charge in [-0.05, 0) is 6.92 Å². The maximum Gasteiger partial charge on any atom is 0.232 e. The summed E-state index contributed by atoms with van der Waals surface area (Å²) in [5.41, 5.74) is 1.14. The summed E-state index contributed by atoms with van der Waals surface area (Å²) in [6.45, 7) is 5.41. The summed E-state index contributed by atoms with van der Waals surface area (Å²) in [6, 6.07) is 0. The van der Waals surface area contributed by atoms with Crippen LogP contribution in [0.2, 0.25) is 0 Å². The van der Waals surface area contributed by atoms with Crippen molar-refractivity contribution < 1.29 is 8.42 Å². The van der Waals surface area contributed by atoms with Gasteiger partial charge in [0.15, 0.2) is 0 Å². The molecule has 0 bridgehead atoms. The maximum atomic E-state index is 11.0. The van der Waals surface area contributed by atoms with E-state index in [1.54, 1.807) is 14.0 Å². The van der Waals surface area contributed by atoms with Gasteiger partial charge in [-0.2, -0.15) is 0 Å². The molecule has 0 aromatic rings. The number of aliphatic imine (C=N–C) groups is 3. The zero-order valence-corrected chi connectivity index (χ0v) is 10.7. The molecule has 7 heteroatoms. The Morgan fingerprint density at radius 3 is 2.31 bits per heavy atom. The molecule has 0 aliphatic carbocycles. The third kappa shape index (κ3) is 6.07. The van der Waals surface area contributed by atoms with Crippen molar-refractivity contribution in [3.63, 3.8) is 0 Å². The topological polar surface area (TPSA) is 83.2 Å². The average Bonchev–Trinajstić information content (AvgIpc) is 2.14. The Morgan fingerprint density at radius 2 is 1.94 bits per heavy atom. The van der Waals surface area contributed by atoms with Gasteiger partial charge in [0.25, 0.3) is 0 Å². The Kier molecular flexibility index (Phi) is 5.59. The molecule has 0 spiro atoms. The van der Waals surface area contributed by atoms with Crippen molar-refractivity contribution in [1.29, 1.82) is 0 Å². The van der Waals surface area contributed by atoms with Crippen molar-refractivity contribution in [2.45, 2.75) is 6.92 Å². The van der Waals surface area contributed by atoms with Gasteiger partial charge in [-0.25, -0.2) is 13.4 Å². The Hall–Kier alpha value is -1.50. The fourth-order valence-corrected chi connectivity index (χ4v) is 1.23. The van der Waals surface area contributed by atoms with Crippen molar-refractivity contribution in [1.82, 2.24) is 4.72 Å². The Bertz CT molecular complexity index is 446. The van der Waals surface area contributed by atoms with Crippen molar-refractivity contribution in [2.24, 2.45) is 15.0 Å². The lowest BCUT2D eigenvalue weighted by Crippen LogP contribution is -2.28. The third-order valence-corrected chi connectivity index (χ3v) is 2.07. The third-order valence-electron chi connectivity index (χ3n) is 1.51. The average molecular weight is 244 g/mol. The molecular weight excluding hydrogens is 228 g/mol. The molecule has 0 atom stereocenters. The van der Waals surface area contributed by atoms with E-state index in [1.165, 1.54) is 13.3 Å². The second kappa shape index (κ2) is 6.16. The van der Waals surface area contributed by atoms with Gasteiger partial charge in [-0.1, -0.05) is 6.58 Å². The second-order valence-electron chi connectivity index (χ2n) is 3.03. The van der Waals surface area contributed by atoms with Crippen LogP contribution >= 0.6 is 0 Å². The van der Waals surface area contributed by atoms with Crippen molar-refractivity contribution in [3.8, 4) is 0 Å². The van der Waals surface area contributed by atoms with Crippen LogP contribution in [0.4, 0.5) is 0 Å². The van der Waals surface area contributed by atoms with Gasteiger partial charge >= 0.3 is 0 Å². The summed E-state index contributed by atoms with van der Waals surface area (Å²) in [5, 5.41) is 0. The van der Waals surface area contributed by atoms with Crippen molar-refractivity contribution in [3.05, 3.63) is 12.2 Å². The molecular formula is C9H16N4O2S. The highest BCUT2D eigenvalue weighted by Gasteiger charge is 2.05. The summed E-state index contributed by atoms with van der Waals surface area (Å²) >= 11 is 0. The number of allylic oxidation sites excluding steroid dienone is 1. The molecule has 0 aromatic heterocycles. The van der Waals surface area contributed by atoms with Gasteiger partial charge in [0.2, 0.25) is 16.0 Å². The van der Waals surface area contributed by atoms with Crippen molar-refractivity contribution in [2.75, 3.05) is 20.4 Å². The lowest BCUT2D eigenvalue weighted by molar-refractivity contribution is 0.598. The van der Waals surface area contributed by atoms with E-state index in [0.717, 1.165) is 6.26 Å². The number of hydrogen-bond donors (Lipinski definition) is 1. The fraction of sp³-hybridized carbons (Fsp3) is 0.444. The van der Waals surface area contributed by atoms with Crippen LogP contribution in [-0.4, -0.2) is 46.7 Å². The van der Waals surface area contributed by atoms with E-state index in [0.29, 0.717) is 11.3 Å². The number of nitrogens with one attached hydrogen (secondary N) is 1. The summed E-state index contributed by atoms with van der Waals surface area (Å²) in [5.74, 6) is 0.0191. The molecule has 0 heterocycles. The normalized spacial score (nSPS) is 14.2. The highest BCUT2D eigenvalue weighted by molar-refractivity contribution is 7.89. The molecule has 0 aromatic carbocycles. The summed E-state index contributed by atoms with van der Waals surface area (Å²) in [7, 11) is -0.312. The lowest BCUT2D eigenvalue weighted by Gasteiger charge is -2.04. The van der Waals surface area contributed by atoms with Gasteiger partial charge in [0.05, 0.1) is 6.26 Å². The van der Waals surface area contributed by atoms with Gasteiger partial charge in [-0.3, -0.25) is 14.7 Å². The van der Waals surface area contributed by atoms with E-state index >= 15 is 0 Å². The monoisotopic (exact) mass is 244 g/mol. The van der Waals surface area contributed by atoms with Crippen LogP contribution in [0.15, 0.2) is 27.1 Å². The molecule has 6 nitrogen and oxygen atoms in total. The van der Waals surface area contributed by atoms with Crippen LogP contribution in [0.25, 0.3) is 0 Å². The molecule has 90 valence electrons. The molecule has 0 fully saturated rings. The van der Waals surface area contributed by atoms with Gasteiger partial charge in [-0.15, -0.1) is 0 Å². The number of sulfonamides is 1. The van der Waals surface area contributed by atoms with Gasteiger partial charge < -0.3 is 0 Å². The van der Waals surface area contributed by atoms with Gasteiger partial charge in [0.1, 0.15) is 0 Å². The highest BCUT2D eigenvalue weighted by Crippen LogP contribution is 1.93. The minimum Gasteiger partial charge on any atom is -0.296 e. The van der Waals surface area contributed by atoms with Crippen LogP contribution < -0.4 is 4.72 Å². The first-order chi connectivity index (χ1) is 7.30. The van der Waals surface area contributed by atoms with E-state index in [-0.39, 0.29) is 5.96 Å². The molecule has 0 rings (SSSR count). The smallest absolute Gasteiger partial charge is 0.232 e. The van der Waals surface area contributed by atoms with Crippen LogP contribution in [0.5, 0.6) is 0 Å². The quantitative estimate of drug-likeness (QED) is 0.569. The molecule has 16 heavy (non-hydrogen) atoms. The SMILES string of the molecule is C=C(C=NC)C(C)=NC(=NC)NS(C)(=O)=O. The number of nitrogens with zero attached hydrogens (tertiary/aromatic N) is 3. The zero-order valence-electron chi connectivity index (χ0n) is 9.85. The number of guanidine groups is 1. The van der Waals surface area contributed by atoms with E-state index in [9.17, 15) is 8.42 Å². The van der Waals surface area contributed by atoms with E-state index in [2.05, 4.69) is 26.3 Å². The summed E-state index contributed by atoms with van der Waals surface area (Å²) in [6.07, 6.45) is 2.57. The van der Waals surface area contributed by atoms with Crippen LogP contribution in [0.1, 0.15) is 6.92 Å². The Morgan fingerprint density at radius 1 is 1.38 bits per heavy atom. The van der Waals surface area contributed by atoms with Crippen molar-refractivity contribution >= 4 is 27.9 Å². The number of rotatable bonds is 3. The summed E-state index contributed by atoms with van der Waals surface area (Å²) < 4.78 is 24.1. The fourth-order valence-electron chi connectivity index (χ4n) is 0.764. The Labute approximate surface area is 96.0 Å². The standard InChI is InChI=1S/C9H16N4O2S/c1-7(6-10-3)8(2)12-9(11-4)13-16(5,14)15/h6H,1H2,2-5H3,(H,11,13). The molecule has 0 aliphatic rings. The van der Waals surface area contributed by atoms with E-state index < -0.39 is 10.0 Å². The predicted molar refractivity (Wildman–Crippen MR) is 68.0 cm³/mol. The van der Waals surface area contributed by atoms with E-state index in [1.807, 2.05) is 0 Å². The van der Waals surface area contributed by atoms with Crippen LogP contribution in [0.3, 0.4) is 0 Å². The molecule has 0 saturated heterocycles. The first kappa shape index (κ1) is 14.5. The predicted octanol–water partition coefficient (Wildman–Crippen LogP) is 0.239. The second-order valence-corrected chi connectivity index (χ2v) is 4.78. The molecule has 0 saturated carbocycles. The molecule has 0 amide bonds. The molecule has 0 radical (unpaired) electrons. The minimum absolute atomic E-state index is 0.0191. The Balaban J connectivity index is 4.92. The van der Waals surface area contributed by atoms with Gasteiger partial charge in [0, 0.05) is 31.6 Å². The van der Waals surface area contributed by atoms with E-state index in [4.69, 9.17) is 0 Å². The molecule has 1 N–H and O–H groups in total. The maximum absolute atomic E-state index is 11.0. The lowest BCUT2D eigenvalue weighted by atomic mass is 10.2. The summed E-state index contributed by atoms with van der Waals surface area (Å²) in [4.78, 5) is 11.5.